The van der Waals surface area contributed by atoms with Crippen LogP contribution < -0.4 is 0 Å². The van der Waals surface area contributed by atoms with Crippen molar-refractivity contribution in [3.63, 3.8) is 0 Å². The Bertz CT molecular complexity index is 293. The second-order valence-electron chi connectivity index (χ2n) is 1.76. The van der Waals surface area contributed by atoms with Crippen molar-refractivity contribution in [2.45, 2.75) is 0 Å². The maximum absolute atomic E-state index is 4.08. The highest BCUT2D eigenvalue weighted by molar-refractivity contribution is 9.10. The summed E-state index contributed by atoms with van der Waals surface area (Å²) in [5.74, 6) is 0. The van der Waals surface area contributed by atoms with E-state index in [1.54, 1.807) is 4.52 Å². The third-order valence-electron chi connectivity index (χ3n) is 1.15. The minimum atomic E-state index is 0.856. The lowest BCUT2D eigenvalue weighted by Gasteiger charge is -1.73. The van der Waals surface area contributed by atoms with E-state index in [0.29, 0.717) is 0 Å². The second kappa shape index (κ2) is 1.60. The summed E-state index contributed by atoms with van der Waals surface area (Å²) >= 11 is 3.25. The van der Waals surface area contributed by atoms with E-state index < -0.39 is 0 Å². The number of H-pyrrole nitrogens is 1. The first kappa shape index (κ1) is 5.05. The van der Waals surface area contributed by atoms with E-state index in [1.807, 2.05) is 18.5 Å². The molecule has 0 saturated heterocycles. The molecule has 1 N–H and O–H groups in total. The molecule has 2 heterocycles. The smallest absolute Gasteiger partial charge is 0.134 e. The standard InChI is InChI=1S/C5H4BrN3/c6-4-3-5-7-1-2-9(5)8-4/h1-3,7H. The highest BCUT2D eigenvalue weighted by atomic mass is 79.9. The molecule has 3 nitrogen and oxygen atoms in total. The van der Waals surface area contributed by atoms with Crippen LogP contribution in [-0.4, -0.2) is 14.6 Å². The fourth-order valence-corrected chi connectivity index (χ4v) is 1.17. The summed E-state index contributed by atoms with van der Waals surface area (Å²) in [4.78, 5) is 3.01. The van der Waals surface area contributed by atoms with Crippen LogP contribution in [0.15, 0.2) is 23.1 Å². The second-order valence-corrected chi connectivity index (χ2v) is 2.57. The Morgan fingerprint density at radius 1 is 1.67 bits per heavy atom. The van der Waals surface area contributed by atoms with Crippen LogP contribution >= 0.6 is 15.9 Å². The molecule has 4 heteroatoms. The molecule has 2 aromatic heterocycles. The predicted molar refractivity (Wildman–Crippen MR) is 37.2 cm³/mol. The molecular weight excluding hydrogens is 182 g/mol. The van der Waals surface area contributed by atoms with Crippen molar-refractivity contribution in [3.8, 4) is 0 Å². The molecule has 0 amide bonds. The maximum Gasteiger partial charge on any atom is 0.134 e. The molecule has 0 aliphatic rings. The van der Waals surface area contributed by atoms with Crippen LogP contribution in [-0.2, 0) is 0 Å². The molecule has 46 valence electrons. The van der Waals surface area contributed by atoms with Crippen LogP contribution in [0.2, 0.25) is 0 Å². The van der Waals surface area contributed by atoms with Crippen molar-refractivity contribution < 1.29 is 0 Å². The largest absolute Gasteiger partial charge is 0.345 e. The van der Waals surface area contributed by atoms with Crippen LogP contribution in [0.5, 0.6) is 0 Å². The summed E-state index contributed by atoms with van der Waals surface area (Å²) < 4.78 is 2.62. The van der Waals surface area contributed by atoms with Crippen molar-refractivity contribution in [1.29, 1.82) is 0 Å². The summed E-state index contributed by atoms with van der Waals surface area (Å²) in [6.45, 7) is 0. The molecule has 0 aliphatic heterocycles. The van der Waals surface area contributed by atoms with Gasteiger partial charge in [-0.2, -0.15) is 5.10 Å². The van der Waals surface area contributed by atoms with Crippen LogP contribution in [0.4, 0.5) is 0 Å². The van der Waals surface area contributed by atoms with Gasteiger partial charge >= 0.3 is 0 Å². The Morgan fingerprint density at radius 3 is 3.33 bits per heavy atom. The number of nitrogens with one attached hydrogen (secondary N) is 1. The molecule has 2 rings (SSSR count). The van der Waals surface area contributed by atoms with Gasteiger partial charge in [0.05, 0.1) is 0 Å². The zero-order chi connectivity index (χ0) is 6.27. The van der Waals surface area contributed by atoms with E-state index in [9.17, 15) is 0 Å². The van der Waals surface area contributed by atoms with Crippen molar-refractivity contribution in [2.75, 3.05) is 0 Å². The number of halogens is 1. The number of nitrogens with zero attached hydrogens (tertiary/aromatic N) is 2. The molecule has 0 atom stereocenters. The summed E-state index contributed by atoms with van der Waals surface area (Å²) in [6, 6.07) is 1.92. The van der Waals surface area contributed by atoms with Gasteiger partial charge in [0.25, 0.3) is 0 Å². The quantitative estimate of drug-likeness (QED) is 0.663. The van der Waals surface area contributed by atoms with E-state index in [0.717, 1.165) is 10.3 Å². The monoisotopic (exact) mass is 185 g/mol. The summed E-state index contributed by atoms with van der Waals surface area (Å²) in [5, 5.41) is 4.08. The Labute approximate surface area is 59.8 Å². The van der Waals surface area contributed by atoms with E-state index in [4.69, 9.17) is 0 Å². The van der Waals surface area contributed by atoms with Gasteiger partial charge in [-0.05, 0) is 15.9 Å². The van der Waals surface area contributed by atoms with Crippen molar-refractivity contribution in [2.24, 2.45) is 0 Å². The average Bonchev–Trinajstić information content (AvgIpc) is 2.22. The lowest BCUT2D eigenvalue weighted by molar-refractivity contribution is 0.958. The lowest BCUT2D eigenvalue weighted by atomic mass is 10.7. The number of rotatable bonds is 0. The van der Waals surface area contributed by atoms with Crippen molar-refractivity contribution in [3.05, 3.63) is 23.1 Å². The molecule has 0 aliphatic carbocycles. The van der Waals surface area contributed by atoms with Gasteiger partial charge in [-0.3, -0.25) is 0 Å². The highest BCUT2D eigenvalue weighted by Crippen LogP contribution is 2.08. The van der Waals surface area contributed by atoms with E-state index >= 15 is 0 Å². The highest BCUT2D eigenvalue weighted by Gasteiger charge is 1.95. The number of fused-ring (bicyclic) bond motifs is 1. The zero-order valence-electron chi connectivity index (χ0n) is 4.50. The SMILES string of the molecule is Brc1cc2[nH]ccn2n1. The average molecular weight is 186 g/mol. The molecule has 0 saturated carbocycles. The van der Waals surface area contributed by atoms with Crippen LogP contribution in [0.1, 0.15) is 0 Å². The molecule has 0 bridgehead atoms. The topological polar surface area (TPSA) is 33.1 Å². The fourth-order valence-electron chi connectivity index (χ4n) is 0.779. The minimum Gasteiger partial charge on any atom is -0.345 e. The molecule has 0 radical (unpaired) electrons. The van der Waals surface area contributed by atoms with Crippen LogP contribution in [0.3, 0.4) is 0 Å². The third kappa shape index (κ3) is 0.666. The summed E-state index contributed by atoms with van der Waals surface area (Å²) in [5.41, 5.74) is 1.00. The predicted octanol–water partition coefficient (Wildman–Crippen LogP) is 1.42. The Hall–Kier alpha value is -0.770. The van der Waals surface area contributed by atoms with Crippen molar-refractivity contribution >= 4 is 21.6 Å². The summed E-state index contributed by atoms with van der Waals surface area (Å²) in [6.07, 6.45) is 3.70. The van der Waals surface area contributed by atoms with Crippen LogP contribution in [0.25, 0.3) is 5.65 Å². The number of hydrogen-bond donors (Lipinski definition) is 1. The Morgan fingerprint density at radius 2 is 2.56 bits per heavy atom. The molecular formula is C5H4BrN3. The number of hydrogen-bond acceptors (Lipinski definition) is 1. The minimum absolute atomic E-state index is 0.856. The summed E-state index contributed by atoms with van der Waals surface area (Å²) in [7, 11) is 0. The van der Waals surface area contributed by atoms with Gasteiger partial charge in [0.1, 0.15) is 10.3 Å². The van der Waals surface area contributed by atoms with E-state index in [2.05, 4.69) is 26.0 Å². The fraction of sp³-hybridized carbons (Fsp3) is 0. The Balaban J connectivity index is 2.92. The molecule has 0 fully saturated rings. The molecule has 0 aromatic carbocycles. The van der Waals surface area contributed by atoms with Gasteiger partial charge in [-0.25, -0.2) is 4.52 Å². The normalized spacial score (nSPS) is 10.8. The maximum atomic E-state index is 4.08. The van der Waals surface area contributed by atoms with Gasteiger partial charge in [0.15, 0.2) is 0 Å². The van der Waals surface area contributed by atoms with Crippen molar-refractivity contribution in [1.82, 2.24) is 14.6 Å². The van der Waals surface area contributed by atoms with Gasteiger partial charge in [0.2, 0.25) is 0 Å². The van der Waals surface area contributed by atoms with Gasteiger partial charge < -0.3 is 4.98 Å². The number of aromatic nitrogens is 3. The first-order valence-electron chi connectivity index (χ1n) is 2.54. The molecule has 0 unspecified atom stereocenters. The molecule has 9 heavy (non-hydrogen) atoms. The van der Waals surface area contributed by atoms with E-state index in [-0.39, 0.29) is 0 Å². The Kier molecular flexibility index (Phi) is 0.900. The molecule has 2 aromatic rings. The third-order valence-corrected chi connectivity index (χ3v) is 1.54. The van der Waals surface area contributed by atoms with Gasteiger partial charge in [-0.1, -0.05) is 0 Å². The first-order valence-corrected chi connectivity index (χ1v) is 3.34. The van der Waals surface area contributed by atoms with Crippen LogP contribution in [0, 0.1) is 0 Å². The van der Waals surface area contributed by atoms with Gasteiger partial charge in [0, 0.05) is 18.5 Å². The van der Waals surface area contributed by atoms with E-state index in [1.165, 1.54) is 0 Å². The zero-order valence-corrected chi connectivity index (χ0v) is 6.09. The number of imidazole rings is 1. The van der Waals surface area contributed by atoms with Gasteiger partial charge in [-0.15, -0.1) is 0 Å². The number of aromatic amines is 1. The first-order chi connectivity index (χ1) is 4.36. The molecule has 0 spiro atoms. The lowest BCUT2D eigenvalue weighted by Crippen LogP contribution is -1.76.